The van der Waals surface area contributed by atoms with Gasteiger partial charge in [-0.05, 0) is 81.5 Å². The molecule has 174 valence electrons. The maximum Gasteiger partial charge on any atom is 0.162 e. The van der Waals surface area contributed by atoms with E-state index in [0.717, 1.165) is 45.6 Å². The lowest BCUT2D eigenvalue weighted by Crippen LogP contribution is -2.14. The van der Waals surface area contributed by atoms with Gasteiger partial charge in [0.25, 0.3) is 0 Å². The van der Waals surface area contributed by atoms with Crippen LogP contribution in [0.2, 0.25) is 5.02 Å². The van der Waals surface area contributed by atoms with Crippen LogP contribution in [0, 0.1) is 6.92 Å². The number of carbonyl (C=O) groups is 1. The van der Waals surface area contributed by atoms with Gasteiger partial charge >= 0.3 is 0 Å². The lowest BCUT2D eigenvalue weighted by atomic mass is 10.0. The third-order valence-corrected chi connectivity index (χ3v) is 6.79. The van der Waals surface area contributed by atoms with Crippen LogP contribution in [0.5, 0.6) is 0 Å². The first-order chi connectivity index (χ1) is 16.3. The third-order valence-electron chi connectivity index (χ3n) is 5.95. The van der Waals surface area contributed by atoms with Gasteiger partial charge < -0.3 is 9.47 Å². The monoisotopic (exact) mass is 534 g/mol. The Morgan fingerprint density at radius 3 is 2.32 bits per heavy atom. The summed E-state index contributed by atoms with van der Waals surface area (Å²) in [5.41, 5.74) is 7.01. The number of hydrogen-bond donors (Lipinski definition) is 0. The Labute approximate surface area is 215 Å². The predicted octanol–water partition coefficient (Wildman–Crippen LogP) is 8.06. The van der Waals surface area contributed by atoms with Gasteiger partial charge in [-0.3, -0.25) is 4.79 Å². The maximum absolute atomic E-state index is 12.7. The third kappa shape index (κ3) is 5.35. The fraction of sp³-hybridized carbons (Fsp3) is 0.207. The van der Waals surface area contributed by atoms with Crippen molar-refractivity contribution in [1.29, 1.82) is 0 Å². The van der Waals surface area contributed by atoms with Gasteiger partial charge in [0.05, 0.1) is 16.4 Å². The molecule has 1 aromatic heterocycles. The van der Waals surface area contributed by atoms with E-state index in [1.165, 1.54) is 5.56 Å². The highest BCUT2D eigenvalue weighted by Gasteiger charge is 2.18. The van der Waals surface area contributed by atoms with Gasteiger partial charge in [0.2, 0.25) is 0 Å². The van der Waals surface area contributed by atoms with Crippen LogP contribution in [0.1, 0.15) is 28.8 Å². The number of ketones is 1. The van der Waals surface area contributed by atoms with E-state index in [0.29, 0.717) is 17.0 Å². The second-order valence-corrected chi connectivity index (χ2v) is 10.1. The Morgan fingerprint density at radius 2 is 1.65 bits per heavy atom. The molecule has 34 heavy (non-hydrogen) atoms. The average molecular weight is 536 g/mol. The molecule has 0 N–H and O–H groups in total. The molecule has 0 radical (unpaired) electrons. The fourth-order valence-corrected chi connectivity index (χ4v) is 4.70. The molecule has 3 nitrogen and oxygen atoms in total. The molecule has 0 saturated heterocycles. The molecular formula is C29H28BrClN2O. The molecule has 0 bridgehead atoms. The highest BCUT2D eigenvalue weighted by Crippen LogP contribution is 2.37. The number of halogens is 2. The number of aromatic nitrogens is 1. The molecule has 0 amide bonds. The molecule has 4 rings (SSSR count). The van der Waals surface area contributed by atoms with Crippen LogP contribution in [0.15, 0.2) is 83.3 Å². The summed E-state index contributed by atoms with van der Waals surface area (Å²) in [5, 5.41) is 0.578. The van der Waals surface area contributed by atoms with Gasteiger partial charge in [-0.15, -0.1) is 0 Å². The molecule has 0 atom stereocenters. The van der Waals surface area contributed by atoms with Crippen molar-refractivity contribution in [2.45, 2.75) is 19.8 Å². The average Bonchev–Trinajstić information content (AvgIpc) is 3.24. The highest BCUT2D eigenvalue weighted by molar-refractivity contribution is 9.10. The van der Waals surface area contributed by atoms with Crippen LogP contribution in [0.4, 0.5) is 0 Å². The molecule has 3 aromatic carbocycles. The first-order valence-electron chi connectivity index (χ1n) is 11.4. The number of rotatable bonds is 8. The van der Waals surface area contributed by atoms with Crippen molar-refractivity contribution in [2.75, 3.05) is 20.6 Å². The van der Waals surface area contributed by atoms with Crippen LogP contribution in [0.3, 0.4) is 0 Å². The first-order valence-corrected chi connectivity index (χ1v) is 12.5. The zero-order valence-corrected chi connectivity index (χ0v) is 22.0. The number of benzene rings is 3. The topological polar surface area (TPSA) is 25.2 Å². The second-order valence-electron chi connectivity index (χ2n) is 8.76. The van der Waals surface area contributed by atoms with Crippen molar-refractivity contribution in [1.82, 2.24) is 9.47 Å². The second kappa shape index (κ2) is 10.7. The van der Waals surface area contributed by atoms with Crippen molar-refractivity contribution >= 4 is 33.3 Å². The fourth-order valence-electron chi connectivity index (χ4n) is 4.16. The minimum atomic E-state index is 0.125. The molecule has 0 unspecified atom stereocenters. The largest absolute Gasteiger partial charge is 0.309 e. The van der Waals surface area contributed by atoms with Gasteiger partial charge in [0.1, 0.15) is 0 Å². The van der Waals surface area contributed by atoms with Crippen molar-refractivity contribution in [3.8, 4) is 28.2 Å². The predicted molar refractivity (Wildman–Crippen MR) is 146 cm³/mol. The zero-order valence-electron chi connectivity index (χ0n) is 19.7. The minimum Gasteiger partial charge on any atom is -0.309 e. The standard InChI is InChI=1S/C29H28BrClN2O/c1-20-7-4-5-8-26(20)33-27(21-10-13-23(30)14-11-21)16-17-28(33)24-15-12-22(19-25(24)31)29(34)9-6-18-32(2)3/h4-5,7-8,10-17,19H,6,9,18H2,1-3H3. The number of hydrogen-bond acceptors (Lipinski definition) is 2. The molecule has 0 aliphatic carbocycles. The zero-order chi connectivity index (χ0) is 24.2. The highest BCUT2D eigenvalue weighted by atomic mass is 79.9. The molecule has 0 saturated carbocycles. The van der Waals surface area contributed by atoms with Gasteiger partial charge in [-0.25, -0.2) is 0 Å². The van der Waals surface area contributed by atoms with E-state index in [-0.39, 0.29) is 5.78 Å². The van der Waals surface area contributed by atoms with E-state index in [1.54, 1.807) is 0 Å². The van der Waals surface area contributed by atoms with Crippen LogP contribution >= 0.6 is 27.5 Å². The van der Waals surface area contributed by atoms with Crippen molar-refractivity contribution < 1.29 is 4.79 Å². The lowest BCUT2D eigenvalue weighted by molar-refractivity contribution is 0.0977. The van der Waals surface area contributed by atoms with E-state index in [2.05, 4.69) is 74.8 Å². The molecule has 0 fully saturated rings. The minimum absolute atomic E-state index is 0.125. The summed E-state index contributed by atoms with van der Waals surface area (Å²) in [7, 11) is 4.03. The molecule has 0 aliphatic rings. The van der Waals surface area contributed by atoms with Crippen LogP contribution in [-0.4, -0.2) is 35.9 Å². The summed E-state index contributed by atoms with van der Waals surface area (Å²) in [6, 6.07) is 26.5. The number of nitrogens with zero attached hydrogens (tertiary/aromatic N) is 2. The maximum atomic E-state index is 12.7. The molecular weight excluding hydrogens is 508 g/mol. The number of carbonyl (C=O) groups excluding carboxylic acids is 1. The molecule has 0 aliphatic heterocycles. The summed E-state index contributed by atoms with van der Waals surface area (Å²) in [6.07, 6.45) is 1.35. The number of Topliss-reactive ketones (excluding diaryl/α,β-unsaturated/α-hetero) is 1. The Hall–Kier alpha value is -2.66. The summed E-state index contributed by atoms with van der Waals surface area (Å²) < 4.78 is 3.29. The van der Waals surface area contributed by atoms with Gasteiger partial charge in [0.15, 0.2) is 5.78 Å². The Balaban J connectivity index is 1.77. The molecule has 1 heterocycles. The first kappa shape index (κ1) is 24.5. The Morgan fingerprint density at radius 1 is 0.941 bits per heavy atom. The van der Waals surface area contributed by atoms with Gasteiger partial charge in [-0.1, -0.05) is 70.0 Å². The van der Waals surface area contributed by atoms with E-state index < -0.39 is 0 Å². The van der Waals surface area contributed by atoms with Crippen LogP contribution in [0.25, 0.3) is 28.2 Å². The summed E-state index contributed by atoms with van der Waals surface area (Å²) in [5.74, 6) is 0.125. The van der Waals surface area contributed by atoms with Crippen molar-refractivity contribution in [2.24, 2.45) is 0 Å². The van der Waals surface area contributed by atoms with E-state index in [4.69, 9.17) is 11.6 Å². The van der Waals surface area contributed by atoms with E-state index in [1.807, 2.05) is 50.5 Å². The van der Waals surface area contributed by atoms with Crippen LogP contribution < -0.4 is 0 Å². The summed E-state index contributed by atoms with van der Waals surface area (Å²) in [6.45, 7) is 3.00. The number of aryl methyl sites for hydroxylation is 1. The Kier molecular flexibility index (Phi) is 7.72. The Bertz CT molecular complexity index is 1310. The summed E-state index contributed by atoms with van der Waals surface area (Å²) >= 11 is 10.3. The molecule has 5 heteroatoms. The van der Waals surface area contributed by atoms with E-state index >= 15 is 0 Å². The normalized spacial score (nSPS) is 11.2. The van der Waals surface area contributed by atoms with Gasteiger partial charge in [0, 0.05) is 27.7 Å². The SMILES string of the molecule is Cc1ccccc1-n1c(-c2ccc(Br)cc2)ccc1-c1ccc(C(=O)CCCN(C)C)cc1Cl. The number of para-hydroxylation sites is 1. The molecule has 0 spiro atoms. The molecule has 4 aromatic rings. The summed E-state index contributed by atoms with van der Waals surface area (Å²) in [4.78, 5) is 14.8. The van der Waals surface area contributed by atoms with E-state index in [9.17, 15) is 4.79 Å². The van der Waals surface area contributed by atoms with Crippen molar-refractivity contribution in [3.63, 3.8) is 0 Å². The lowest BCUT2D eigenvalue weighted by Gasteiger charge is -2.17. The van der Waals surface area contributed by atoms with Crippen molar-refractivity contribution in [3.05, 3.63) is 99.5 Å². The smallest absolute Gasteiger partial charge is 0.162 e. The van der Waals surface area contributed by atoms with Gasteiger partial charge in [-0.2, -0.15) is 0 Å². The quantitative estimate of drug-likeness (QED) is 0.213. The van der Waals surface area contributed by atoms with Crippen LogP contribution in [-0.2, 0) is 0 Å².